The highest BCUT2D eigenvalue weighted by Gasteiger charge is 2.17. The maximum atomic E-state index is 11.3. The van der Waals surface area contributed by atoms with Gasteiger partial charge < -0.3 is 10.0 Å². The lowest BCUT2D eigenvalue weighted by Crippen LogP contribution is -2.37. The number of carboxylic acids is 1. The van der Waals surface area contributed by atoms with E-state index in [1.807, 2.05) is 0 Å². The molecule has 0 aromatic heterocycles. The Bertz CT molecular complexity index is 609. The van der Waals surface area contributed by atoms with E-state index < -0.39 is 5.97 Å². The van der Waals surface area contributed by atoms with Gasteiger partial charge in [-0.15, -0.1) is 0 Å². The Morgan fingerprint density at radius 3 is 0.784 bits per heavy atom. The summed E-state index contributed by atoms with van der Waals surface area (Å²) in [5, 5.41) is 9.31. The van der Waals surface area contributed by atoms with Crippen LogP contribution in [0.2, 0.25) is 0 Å². The molecule has 51 heavy (non-hydrogen) atoms. The lowest BCUT2D eigenvalue weighted by atomic mass is 10.0. The van der Waals surface area contributed by atoms with E-state index in [0.29, 0.717) is 12.5 Å². The molecule has 0 aromatic carbocycles. The van der Waals surface area contributed by atoms with E-state index in [-0.39, 0.29) is 0 Å². The van der Waals surface area contributed by atoms with E-state index in [0.717, 1.165) is 25.9 Å². The van der Waals surface area contributed by atoms with Gasteiger partial charge in [0.25, 0.3) is 0 Å². The molecule has 0 amide bonds. The Labute approximate surface area is 323 Å². The maximum absolute atomic E-state index is 11.3. The third kappa shape index (κ3) is 40.5. The lowest BCUT2D eigenvalue weighted by Gasteiger charge is -2.31. The minimum absolute atomic E-state index is 0.313. The summed E-state index contributed by atoms with van der Waals surface area (Å²) in [5.41, 5.74) is 0. The van der Waals surface area contributed by atoms with Gasteiger partial charge in [0.15, 0.2) is 0 Å². The summed E-state index contributed by atoms with van der Waals surface area (Å²) in [4.78, 5) is 14.0. The van der Waals surface area contributed by atoms with Gasteiger partial charge >= 0.3 is 5.97 Å². The highest BCUT2D eigenvalue weighted by atomic mass is 16.4. The fourth-order valence-corrected chi connectivity index (χ4v) is 8.20. The first-order valence-electron chi connectivity index (χ1n) is 24.1. The minimum atomic E-state index is -0.639. The molecular weight excluding hydrogens is 623 g/mol. The summed E-state index contributed by atoms with van der Waals surface area (Å²) in [7, 11) is 0. The maximum Gasteiger partial charge on any atom is 0.303 e. The normalized spacial score (nSPS) is 12.3. The van der Waals surface area contributed by atoms with Crippen LogP contribution >= 0.6 is 0 Å². The quantitative estimate of drug-likeness (QED) is 0.0637. The van der Waals surface area contributed by atoms with Gasteiger partial charge in [0.05, 0.1) is 0 Å². The van der Waals surface area contributed by atoms with E-state index in [4.69, 9.17) is 0 Å². The highest BCUT2D eigenvalue weighted by Crippen LogP contribution is 2.19. The van der Waals surface area contributed by atoms with E-state index in [1.54, 1.807) is 0 Å². The topological polar surface area (TPSA) is 40.5 Å². The Morgan fingerprint density at radius 2 is 0.588 bits per heavy atom. The van der Waals surface area contributed by atoms with Gasteiger partial charge in [-0.25, -0.2) is 0 Å². The zero-order valence-electron chi connectivity index (χ0n) is 35.8. The van der Waals surface area contributed by atoms with Crippen LogP contribution in [0.5, 0.6) is 0 Å². The number of carboxylic acid groups (broad SMARTS) is 1. The molecule has 1 N–H and O–H groups in total. The predicted molar refractivity (Wildman–Crippen MR) is 229 cm³/mol. The smallest absolute Gasteiger partial charge is 0.303 e. The molecule has 0 aliphatic rings. The Morgan fingerprint density at radius 1 is 0.373 bits per heavy atom. The summed E-state index contributed by atoms with van der Waals surface area (Å²) in [6.45, 7) is 9.19. The number of rotatable bonds is 45. The Balaban J connectivity index is 3.79. The molecule has 0 rings (SSSR count). The molecule has 0 heterocycles. The number of aliphatic carboxylic acids is 1. The van der Waals surface area contributed by atoms with Crippen LogP contribution in [0.25, 0.3) is 0 Å². The summed E-state index contributed by atoms with van der Waals surface area (Å²) in [6.07, 6.45) is 56.2. The van der Waals surface area contributed by atoms with Crippen molar-refractivity contribution < 1.29 is 9.90 Å². The fourth-order valence-electron chi connectivity index (χ4n) is 8.20. The number of nitrogens with zero attached hydrogens (tertiary/aromatic N) is 1. The molecule has 0 radical (unpaired) electrons. The zero-order chi connectivity index (χ0) is 37.1. The first-order chi connectivity index (χ1) is 25.2. The van der Waals surface area contributed by atoms with Crippen molar-refractivity contribution in [1.82, 2.24) is 4.90 Å². The summed E-state index contributed by atoms with van der Waals surface area (Å²) in [6, 6.07) is 0.437. The third-order valence-corrected chi connectivity index (χ3v) is 11.8. The van der Waals surface area contributed by atoms with Crippen LogP contribution in [0.1, 0.15) is 284 Å². The molecule has 0 bridgehead atoms. The standard InChI is InChI=1S/C48H97NO2/c1-4-7-9-11-13-15-17-19-21-23-25-27-29-31-33-35-37-39-41-45-49(47(6-3)43-44-48(50)51)46-42-40-38-36-34-32-30-28-26-24-22-20-18-16-14-12-10-8-5-2/h47H,4-46H2,1-3H3,(H,50,51). The van der Waals surface area contributed by atoms with Gasteiger partial charge in [0.2, 0.25) is 0 Å². The molecule has 3 heteroatoms. The third-order valence-electron chi connectivity index (χ3n) is 11.8. The fraction of sp³-hybridized carbons (Fsp3) is 0.979. The van der Waals surface area contributed by atoms with Crippen molar-refractivity contribution >= 4 is 5.97 Å². The molecule has 0 spiro atoms. The molecule has 0 aliphatic heterocycles. The molecule has 1 unspecified atom stereocenters. The van der Waals surface area contributed by atoms with E-state index in [1.165, 1.54) is 244 Å². The van der Waals surface area contributed by atoms with E-state index in [9.17, 15) is 9.90 Å². The molecule has 1 atom stereocenters. The van der Waals surface area contributed by atoms with Gasteiger partial charge in [-0.3, -0.25) is 4.79 Å². The highest BCUT2D eigenvalue weighted by molar-refractivity contribution is 5.66. The molecular formula is C48H97NO2. The second-order valence-corrected chi connectivity index (χ2v) is 16.8. The average Bonchev–Trinajstić information content (AvgIpc) is 3.13. The lowest BCUT2D eigenvalue weighted by molar-refractivity contribution is -0.137. The van der Waals surface area contributed by atoms with Crippen molar-refractivity contribution in [3.63, 3.8) is 0 Å². The first kappa shape index (κ1) is 50.4. The molecule has 0 aromatic rings. The molecule has 3 nitrogen and oxygen atoms in total. The van der Waals surface area contributed by atoms with Gasteiger partial charge in [-0.2, -0.15) is 0 Å². The van der Waals surface area contributed by atoms with Gasteiger partial charge in [0.1, 0.15) is 0 Å². The summed E-state index contributed by atoms with van der Waals surface area (Å²) in [5.74, 6) is -0.639. The van der Waals surface area contributed by atoms with Crippen molar-refractivity contribution in [3.05, 3.63) is 0 Å². The van der Waals surface area contributed by atoms with Crippen LogP contribution in [0.15, 0.2) is 0 Å². The minimum Gasteiger partial charge on any atom is -0.481 e. The first-order valence-corrected chi connectivity index (χ1v) is 24.1. The average molecular weight is 720 g/mol. The summed E-state index contributed by atoms with van der Waals surface area (Å²) >= 11 is 0. The van der Waals surface area contributed by atoms with Crippen LogP contribution in [0.3, 0.4) is 0 Å². The van der Waals surface area contributed by atoms with Gasteiger partial charge in [-0.05, 0) is 38.8 Å². The SMILES string of the molecule is CCCCCCCCCCCCCCCCCCCCCN(CCCCCCCCCCCCCCCCCCCCC)C(CC)CCC(=O)O. The van der Waals surface area contributed by atoms with Crippen LogP contribution < -0.4 is 0 Å². The van der Waals surface area contributed by atoms with Gasteiger partial charge in [0, 0.05) is 12.5 Å². The Hall–Kier alpha value is -0.570. The van der Waals surface area contributed by atoms with Crippen molar-refractivity contribution in [2.75, 3.05) is 13.1 Å². The van der Waals surface area contributed by atoms with Crippen molar-refractivity contribution in [2.45, 2.75) is 290 Å². The summed E-state index contributed by atoms with van der Waals surface area (Å²) < 4.78 is 0. The van der Waals surface area contributed by atoms with E-state index in [2.05, 4.69) is 25.7 Å². The number of hydrogen-bond acceptors (Lipinski definition) is 2. The van der Waals surface area contributed by atoms with Crippen LogP contribution in [0.4, 0.5) is 0 Å². The number of hydrogen-bond donors (Lipinski definition) is 1. The van der Waals surface area contributed by atoms with Crippen LogP contribution in [-0.2, 0) is 4.79 Å². The molecule has 0 saturated carbocycles. The second kappa shape index (κ2) is 43.8. The van der Waals surface area contributed by atoms with Crippen LogP contribution in [0, 0.1) is 0 Å². The molecule has 306 valence electrons. The zero-order valence-corrected chi connectivity index (χ0v) is 35.8. The van der Waals surface area contributed by atoms with Crippen molar-refractivity contribution in [3.8, 4) is 0 Å². The predicted octanol–water partition coefficient (Wildman–Crippen LogP) is 16.8. The molecule has 0 aliphatic carbocycles. The Kier molecular flexibility index (Phi) is 43.3. The second-order valence-electron chi connectivity index (χ2n) is 16.8. The van der Waals surface area contributed by atoms with Gasteiger partial charge in [-0.1, -0.05) is 252 Å². The monoisotopic (exact) mass is 720 g/mol. The van der Waals surface area contributed by atoms with E-state index >= 15 is 0 Å². The molecule has 0 saturated heterocycles. The van der Waals surface area contributed by atoms with Crippen molar-refractivity contribution in [2.24, 2.45) is 0 Å². The number of carbonyl (C=O) groups is 1. The largest absolute Gasteiger partial charge is 0.481 e. The van der Waals surface area contributed by atoms with Crippen LogP contribution in [-0.4, -0.2) is 35.1 Å². The molecule has 0 fully saturated rings. The van der Waals surface area contributed by atoms with Crippen molar-refractivity contribution in [1.29, 1.82) is 0 Å². The number of unbranched alkanes of at least 4 members (excludes halogenated alkanes) is 36.